The summed E-state index contributed by atoms with van der Waals surface area (Å²) in [5, 5.41) is 3.01. The summed E-state index contributed by atoms with van der Waals surface area (Å²) in [6.45, 7) is 5.46. The van der Waals surface area contributed by atoms with E-state index in [0.29, 0.717) is 19.0 Å². The van der Waals surface area contributed by atoms with Gasteiger partial charge in [0.15, 0.2) is 0 Å². The highest BCUT2D eigenvalue weighted by molar-refractivity contribution is 7.89. The van der Waals surface area contributed by atoms with Crippen LogP contribution in [-0.2, 0) is 14.8 Å². The van der Waals surface area contributed by atoms with Crippen LogP contribution in [-0.4, -0.2) is 40.2 Å². The molecule has 0 fully saturated rings. The third kappa shape index (κ3) is 5.14. The van der Waals surface area contributed by atoms with Crippen LogP contribution in [0.4, 0.5) is 5.82 Å². The van der Waals surface area contributed by atoms with Crippen LogP contribution in [0.3, 0.4) is 0 Å². The SMILES string of the molecule is CCNc1ccc(S(=O)(=O)NCC(C)COC)cn1. The van der Waals surface area contributed by atoms with Crippen molar-refractivity contribution in [2.75, 3.05) is 32.1 Å². The van der Waals surface area contributed by atoms with Gasteiger partial charge in [0.25, 0.3) is 0 Å². The van der Waals surface area contributed by atoms with Crippen LogP contribution in [0.5, 0.6) is 0 Å². The first-order valence-corrected chi connectivity index (χ1v) is 7.66. The van der Waals surface area contributed by atoms with Gasteiger partial charge in [-0.05, 0) is 25.0 Å². The number of sulfonamides is 1. The topological polar surface area (TPSA) is 80.3 Å². The van der Waals surface area contributed by atoms with Gasteiger partial charge < -0.3 is 10.1 Å². The fourth-order valence-electron chi connectivity index (χ4n) is 1.50. The van der Waals surface area contributed by atoms with Gasteiger partial charge in [0.2, 0.25) is 10.0 Å². The number of nitrogens with one attached hydrogen (secondary N) is 2. The summed E-state index contributed by atoms with van der Waals surface area (Å²) >= 11 is 0. The van der Waals surface area contributed by atoms with E-state index < -0.39 is 10.0 Å². The van der Waals surface area contributed by atoms with Crippen molar-refractivity contribution in [1.82, 2.24) is 9.71 Å². The predicted molar refractivity (Wildman–Crippen MR) is 74.6 cm³/mol. The molecule has 0 aliphatic carbocycles. The lowest BCUT2D eigenvalue weighted by molar-refractivity contribution is 0.161. The lowest BCUT2D eigenvalue weighted by Gasteiger charge is -2.12. The van der Waals surface area contributed by atoms with Gasteiger partial charge in [-0.1, -0.05) is 6.92 Å². The maximum atomic E-state index is 12.0. The van der Waals surface area contributed by atoms with Crippen LogP contribution < -0.4 is 10.0 Å². The smallest absolute Gasteiger partial charge is 0.242 e. The lowest BCUT2D eigenvalue weighted by atomic mass is 10.2. The Bertz CT molecular complexity index is 473. The maximum absolute atomic E-state index is 12.0. The molecule has 1 rings (SSSR count). The molecule has 2 N–H and O–H groups in total. The molecule has 6 nitrogen and oxygen atoms in total. The maximum Gasteiger partial charge on any atom is 0.242 e. The van der Waals surface area contributed by atoms with E-state index in [2.05, 4.69) is 15.0 Å². The van der Waals surface area contributed by atoms with E-state index in [1.54, 1.807) is 13.2 Å². The number of hydrogen-bond donors (Lipinski definition) is 2. The third-order valence-corrected chi connectivity index (χ3v) is 3.89. The Kier molecular flexibility index (Phi) is 6.20. The van der Waals surface area contributed by atoms with E-state index in [1.165, 1.54) is 12.3 Å². The molecule has 1 heterocycles. The fraction of sp³-hybridized carbons (Fsp3) is 0.583. The van der Waals surface area contributed by atoms with Gasteiger partial charge in [0.1, 0.15) is 10.7 Å². The molecule has 0 spiro atoms. The van der Waals surface area contributed by atoms with Gasteiger partial charge in [-0.2, -0.15) is 0 Å². The van der Waals surface area contributed by atoms with E-state index >= 15 is 0 Å². The minimum absolute atomic E-state index is 0.119. The summed E-state index contributed by atoms with van der Waals surface area (Å²) in [5.41, 5.74) is 0. The number of ether oxygens (including phenoxy) is 1. The number of rotatable bonds is 8. The van der Waals surface area contributed by atoms with Crippen LogP contribution in [0, 0.1) is 5.92 Å². The number of aromatic nitrogens is 1. The first kappa shape index (κ1) is 15.9. The minimum atomic E-state index is -3.50. The van der Waals surface area contributed by atoms with E-state index in [-0.39, 0.29) is 10.8 Å². The summed E-state index contributed by atoms with van der Waals surface area (Å²) in [6.07, 6.45) is 1.35. The van der Waals surface area contributed by atoms with Gasteiger partial charge >= 0.3 is 0 Å². The fourth-order valence-corrected chi connectivity index (χ4v) is 2.61. The normalized spacial score (nSPS) is 13.2. The molecular formula is C12H21N3O3S. The standard InChI is InChI=1S/C12H21N3O3S/c1-4-13-12-6-5-11(8-14-12)19(16,17)15-7-10(2)9-18-3/h5-6,8,10,15H,4,7,9H2,1-3H3,(H,13,14). The van der Waals surface area contributed by atoms with Crippen LogP contribution in [0.1, 0.15) is 13.8 Å². The Labute approximate surface area is 114 Å². The molecule has 1 aromatic heterocycles. The number of nitrogens with zero attached hydrogens (tertiary/aromatic N) is 1. The summed E-state index contributed by atoms with van der Waals surface area (Å²) in [7, 11) is -1.91. The zero-order chi connectivity index (χ0) is 14.3. The van der Waals surface area contributed by atoms with Crippen LogP contribution in [0.25, 0.3) is 0 Å². The molecule has 7 heteroatoms. The molecule has 0 aliphatic rings. The zero-order valence-corrected chi connectivity index (χ0v) is 12.3. The molecule has 1 atom stereocenters. The van der Waals surface area contributed by atoms with Crippen LogP contribution >= 0.6 is 0 Å². The van der Waals surface area contributed by atoms with E-state index in [4.69, 9.17) is 4.74 Å². The van der Waals surface area contributed by atoms with Gasteiger partial charge in [-0.25, -0.2) is 18.1 Å². The van der Waals surface area contributed by atoms with Crippen LogP contribution in [0.15, 0.2) is 23.2 Å². The number of hydrogen-bond acceptors (Lipinski definition) is 5. The Morgan fingerprint density at radius 3 is 2.68 bits per heavy atom. The van der Waals surface area contributed by atoms with Gasteiger partial charge in [0, 0.05) is 33.0 Å². The Hall–Kier alpha value is -1.18. The Morgan fingerprint density at radius 2 is 2.16 bits per heavy atom. The molecule has 0 saturated heterocycles. The molecule has 0 saturated carbocycles. The van der Waals surface area contributed by atoms with Crippen molar-refractivity contribution in [1.29, 1.82) is 0 Å². The molecule has 0 aromatic carbocycles. The minimum Gasteiger partial charge on any atom is -0.384 e. The van der Waals surface area contributed by atoms with Crippen molar-refractivity contribution < 1.29 is 13.2 Å². The molecule has 108 valence electrons. The average Bonchev–Trinajstić information content (AvgIpc) is 2.38. The van der Waals surface area contributed by atoms with Crippen molar-refractivity contribution in [2.45, 2.75) is 18.7 Å². The van der Waals surface area contributed by atoms with Gasteiger partial charge in [-0.15, -0.1) is 0 Å². The van der Waals surface area contributed by atoms with Crippen molar-refractivity contribution in [3.8, 4) is 0 Å². The first-order chi connectivity index (χ1) is 8.99. The number of anilines is 1. The van der Waals surface area contributed by atoms with Gasteiger partial charge in [-0.3, -0.25) is 0 Å². The Morgan fingerprint density at radius 1 is 1.42 bits per heavy atom. The van der Waals surface area contributed by atoms with Crippen molar-refractivity contribution in [2.24, 2.45) is 5.92 Å². The lowest BCUT2D eigenvalue weighted by Crippen LogP contribution is -2.30. The largest absolute Gasteiger partial charge is 0.384 e. The van der Waals surface area contributed by atoms with E-state index in [1.807, 2.05) is 13.8 Å². The highest BCUT2D eigenvalue weighted by atomic mass is 32.2. The molecule has 0 amide bonds. The van der Waals surface area contributed by atoms with E-state index in [0.717, 1.165) is 6.54 Å². The molecule has 1 aromatic rings. The van der Waals surface area contributed by atoms with Crippen molar-refractivity contribution in [3.05, 3.63) is 18.3 Å². The summed E-state index contributed by atoms with van der Waals surface area (Å²) < 4.78 is 31.5. The monoisotopic (exact) mass is 287 g/mol. The second kappa shape index (κ2) is 7.42. The molecule has 0 bridgehead atoms. The zero-order valence-electron chi connectivity index (χ0n) is 11.5. The van der Waals surface area contributed by atoms with Crippen molar-refractivity contribution >= 4 is 15.8 Å². The predicted octanol–water partition coefficient (Wildman–Crippen LogP) is 1.07. The molecule has 1 unspecified atom stereocenters. The summed E-state index contributed by atoms with van der Waals surface area (Å²) in [6, 6.07) is 3.19. The highest BCUT2D eigenvalue weighted by Gasteiger charge is 2.15. The molecule has 0 aliphatic heterocycles. The average molecular weight is 287 g/mol. The summed E-state index contributed by atoms with van der Waals surface area (Å²) in [5.74, 6) is 0.781. The Balaban J connectivity index is 2.66. The van der Waals surface area contributed by atoms with Gasteiger partial charge in [0.05, 0.1) is 0 Å². The first-order valence-electron chi connectivity index (χ1n) is 6.18. The second-order valence-corrected chi connectivity index (χ2v) is 6.09. The molecule has 19 heavy (non-hydrogen) atoms. The molecular weight excluding hydrogens is 266 g/mol. The quantitative estimate of drug-likeness (QED) is 0.747. The second-order valence-electron chi connectivity index (χ2n) is 4.32. The van der Waals surface area contributed by atoms with Crippen LogP contribution in [0.2, 0.25) is 0 Å². The molecule has 0 radical (unpaired) electrons. The number of methoxy groups -OCH3 is 1. The summed E-state index contributed by atoms with van der Waals surface area (Å²) in [4.78, 5) is 4.21. The van der Waals surface area contributed by atoms with E-state index in [9.17, 15) is 8.42 Å². The highest BCUT2D eigenvalue weighted by Crippen LogP contribution is 2.10. The third-order valence-electron chi connectivity index (χ3n) is 2.48. The van der Waals surface area contributed by atoms with Crippen molar-refractivity contribution in [3.63, 3.8) is 0 Å². The number of pyridine rings is 1.